The summed E-state index contributed by atoms with van der Waals surface area (Å²) in [6.45, 7) is 4.34. The number of allylic oxidation sites excluding steroid dienone is 1. The zero-order valence-corrected chi connectivity index (χ0v) is 17.4. The Hall–Kier alpha value is -1.43. The first-order valence-electron chi connectivity index (χ1n) is 11.1. The molecule has 0 bridgehead atoms. The molecular weight excluding hydrogens is 368 g/mol. The Balaban J connectivity index is 1.56. The molecule has 5 heteroatoms. The standard InChI is InChI=1S/C24H32O5/c1-21-9-6-17(25)13-16(21)5-11-23(27)19(21)8-10-22(2)18(7-12-24(22,23)28)15-3-4-20(26)29-14-15/h3-4,13-14,17-19,25,27-28H,5-12H2,1-2H3. The number of fused-ring (bicyclic) bond motifs is 5. The molecule has 5 rings (SSSR count). The molecule has 7 atom stereocenters. The van der Waals surface area contributed by atoms with Crippen molar-refractivity contribution >= 4 is 0 Å². The van der Waals surface area contributed by atoms with Crippen molar-refractivity contribution < 1.29 is 19.7 Å². The van der Waals surface area contributed by atoms with Crippen molar-refractivity contribution in [1.82, 2.24) is 0 Å². The van der Waals surface area contributed by atoms with Gasteiger partial charge in [0.25, 0.3) is 0 Å². The molecule has 0 saturated heterocycles. The summed E-state index contributed by atoms with van der Waals surface area (Å²) in [6.07, 6.45) is 8.99. The normalized spacial score (nSPS) is 49.0. The van der Waals surface area contributed by atoms with E-state index in [9.17, 15) is 20.1 Å². The topological polar surface area (TPSA) is 90.9 Å². The van der Waals surface area contributed by atoms with E-state index in [0.717, 1.165) is 37.7 Å². The van der Waals surface area contributed by atoms with E-state index < -0.39 is 16.6 Å². The Labute approximate surface area is 171 Å². The van der Waals surface area contributed by atoms with Crippen LogP contribution in [0.1, 0.15) is 76.7 Å². The summed E-state index contributed by atoms with van der Waals surface area (Å²) >= 11 is 0. The second kappa shape index (κ2) is 6.05. The van der Waals surface area contributed by atoms with Crippen LogP contribution in [0.3, 0.4) is 0 Å². The Morgan fingerprint density at radius 1 is 1.03 bits per heavy atom. The minimum absolute atomic E-state index is 0.00645. The fourth-order valence-corrected chi connectivity index (χ4v) is 7.84. The van der Waals surface area contributed by atoms with E-state index in [1.165, 1.54) is 17.9 Å². The highest BCUT2D eigenvalue weighted by Crippen LogP contribution is 2.71. The molecule has 158 valence electrons. The molecule has 7 unspecified atom stereocenters. The van der Waals surface area contributed by atoms with Crippen molar-refractivity contribution in [3.8, 4) is 0 Å². The van der Waals surface area contributed by atoms with Crippen LogP contribution in [-0.4, -0.2) is 32.6 Å². The van der Waals surface area contributed by atoms with Crippen molar-refractivity contribution in [2.45, 2.75) is 88.4 Å². The number of aliphatic hydroxyl groups is 3. The van der Waals surface area contributed by atoms with Gasteiger partial charge < -0.3 is 19.7 Å². The molecule has 3 saturated carbocycles. The molecule has 0 radical (unpaired) electrons. The van der Waals surface area contributed by atoms with Gasteiger partial charge in [0.1, 0.15) is 0 Å². The minimum atomic E-state index is -1.17. The Kier molecular flexibility index (Phi) is 4.08. The van der Waals surface area contributed by atoms with Crippen LogP contribution in [0, 0.1) is 16.7 Å². The lowest BCUT2D eigenvalue weighted by Gasteiger charge is -2.65. The van der Waals surface area contributed by atoms with Crippen LogP contribution < -0.4 is 5.63 Å². The van der Waals surface area contributed by atoms with Crippen LogP contribution in [0.2, 0.25) is 0 Å². The third-order valence-electron chi connectivity index (χ3n) is 9.51. The summed E-state index contributed by atoms with van der Waals surface area (Å²) in [5, 5.41) is 34.4. The zero-order chi connectivity index (χ0) is 20.7. The van der Waals surface area contributed by atoms with Gasteiger partial charge >= 0.3 is 5.63 Å². The maximum atomic E-state index is 12.2. The summed E-state index contributed by atoms with van der Waals surface area (Å²) in [7, 11) is 0. The average molecular weight is 401 g/mol. The fourth-order valence-electron chi connectivity index (χ4n) is 7.84. The van der Waals surface area contributed by atoms with E-state index >= 15 is 0 Å². The van der Waals surface area contributed by atoms with Gasteiger partial charge in [0.2, 0.25) is 0 Å². The van der Waals surface area contributed by atoms with E-state index in [-0.39, 0.29) is 29.0 Å². The van der Waals surface area contributed by atoms with Crippen molar-refractivity contribution in [2.75, 3.05) is 0 Å². The first-order valence-corrected chi connectivity index (χ1v) is 11.1. The molecule has 0 spiro atoms. The first-order chi connectivity index (χ1) is 13.6. The van der Waals surface area contributed by atoms with Gasteiger partial charge in [-0.2, -0.15) is 0 Å². The van der Waals surface area contributed by atoms with Gasteiger partial charge in [0.15, 0.2) is 0 Å². The number of rotatable bonds is 1. The summed E-state index contributed by atoms with van der Waals surface area (Å²) in [5.41, 5.74) is -1.11. The van der Waals surface area contributed by atoms with E-state index in [1.54, 1.807) is 0 Å². The molecule has 3 N–H and O–H groups in total. The molecule has 0 aromatic carbocycles. The minimum Gasteiger partial charge on any atom is -0.431 e. The molecule has 4 aliphatic rings. The predicted octanol–water partition coefficient (Wildman–Crippen LogP) is 3.28. The third kappa shape index (κ3) is 2.35. The molecule has 5 nitrogen and oxygen atoms in total. The van der Waals surface area contributed by atoms with Gasteiger partial charge in [0.05, 0.1) is 23.6 Å². The van der Waals surface area contributed by atoms with Crippen molar-refractivity contribution in [3.63, 3.8) is 0 Å². The van der Waals surface area contributed by atoms with Gasteiger partial charge in [-0.05, 0) is 80.2 Å². The molecule has 0 aliphatic heterocycles. The molecule has 1 aromatic heterocycles. The highest BCUT2D eigenvalue weighted by atomic mass is 16.4. The maximum absolute atomic E-state index is 12.2. The first kappa shape index (κ1) is 19.5. The van der Waals surface area contributed by atoms with Crippen LogP contribution in [-0.2, 0) is 0 Å². The van der Waals surface area contributed by atoms with E-state index in [1.807, 2.05) is 12.1 Å². The molecule has 4 aliphatic carbocycles. The number of hydrogen-bond acceptors (Lipinski definition) is 5. The lowest BCUT2D eigenvalue weighted by atomic mass is 9.43. The second-order valence-electron chi connectivity index (χ2n) is 10.5. The average Bonchev–Trinajstić information content (AvgIpc) is 2.96. The summed E-state index contributed by atoms with van der Waals surface area (Å²) in [4.78, 5) is 11.4. The van der Waals surface area contributed by atoms with E-state index in [2.05, 4.69) is 13.8 Å². The van der Waals surface area contributed by atoms with E-state index in [4.69, 9.17) is 4.42 Å². The smallest absolute Gasteiger partial charge is 0.335 e. The maximum Gasteiger partial charge on any atom is 0.335 e. The van der Waals surface area contributed by atoms with Gasteiger partial charge in [-0.1, -0.05) is 25.5 Å². The summed E-state index contributed by atoms with van der Waals surface area (Å²) in [5.74, 6) is 0.0489. The van der Waals surface area contributed by atoms with Gasteiger partial charge in [0, 0.05) is 11.5 Å². The van der Waals surface area contributed by atoms with E-state index in [0.29, 0.717) is 19.3 Å². The van der Waals surface area contributed by atoms with Crippen LogP contribution >= 0.6 is 0 Å². The SMILES string of the molecule is CC12CCC(O)C=C1CCC1(O)C2CCC2(C)C(c3ccc(=O)oc3)CCC21O. The molecule has 1 heterocycles. The summed E-state index contributed by atoms with van der Waals surface area (Å²) in [6, 6.07) is 3.26. The Bertz CT molecular complexity index is 900. The Morgan fingerprint density at radius 2 is 1.83 bits per heavy atom. The molecular formula is C24H32O5. The quantitative estimate of drug-likeness (QED) is 0.630. The highest BCUT2D eigenvalue weighted by Gasteiger charge is 2.73. The van der Waals surface area contributed by atoms with Crippen molar-refractivity contribution in [2.24, 2.45) is 16.7 Å². The van der Waals surface area contributed by atoms with Crippen molar-refractivity contribution in [1.29, 1.82) is 0 Å². The predicted molar refractivity (Wildman–Crippen MR) is 108 cm³/mol. The lowest BCUT2D eigenvalue weighted by molar-refractivity contribution is -0.275. The zero-order valence-electron chi connectivity index (χ0n) is 17.4. The molecule has 0 amide bonds. The van der Waals surface area contributed by atoms with Crippen molar-refractivity contribution in [3.05, 3.63) is 46.0 Å². The van der Waals surface area contributed by atoms with Gasteiger partial charge in [-0.3, -0.25) is 0 Å². The van der Waals surface area contributed by atoms with Crippen LogP contribution in [0.4, 0.5) is 0 Å². The third-order valence-corrected chi connectivity index (χ3v) is 9.51. The van der Waals surface area contributed by atoms with Gasteiger partial charge in [-0.15, -0.1) is 0 Å². The number of hydrogen-bond donors (Lipinski definition) is 3. The van der Waals surface area contributed by atoms with Crippen LogP contribution in [0.15, 0.2) is 39.3 Å². The van der Waals surface area contributed by atoms with Crippen LogP contribution in [0.25, 0.3) is 0 Å². The molecule has 3 fully saturated rings. The van der Waals surface area contributed by atoms with Crippen LogP contribution in [0.5, 0.6) is 0 Å². The summed E-state index contributed by atoms with van der Waals surface area (Å²) < 4.78 is 5.13. The largest absolute Gasteiger partial charge is 0.431 e. The Morgan fingerprint density at radius 3 is 2.55 bits per heavy atom. The lowest BCUT2D eigenvalue weighted by Crippen LogP contribution is -2.71. The molecule has 1 aromatic rings. The van der Waals surface area contributed by atoms with Gasteiger partial charge in [-0.25, -0.2) is 4.79 Å². The fraction of sp³-hybridized carbons (Fsp3) is 0.708. The molecule has 29 heavy (non-hydrogen) atoms. The number of aliphatic hydroxyl groups excluding tert-OH is 1. The second-order valence-corrected chi connectivity index (χ2v) is 10.5. The monoisotopic (exact) mass is 400 g/mol. The highest BCUT2D eigenvalue weighted by molar-refractivity contribution is 5.35.